The van der Waals surface area contributed by atoms with Crippen LogP contribution in [0, 0.1) is 5.82 Å². The molecule has 30 heavy (non-hydrogen) atoms. The Balaban J connectivity index is 2.40. The number of alkyl carbamates (subject to hydrolysis) is 1. The van der Waals surface area contributed by atoms with Gasteiger partial charge in [0, 0.05) is 6.54 Å². The summed E-state index contributed by atoms with van der Waals surface area (Å²) in [4.78, 5) is 23.7. The number of benzene rings is 1. The van der Waals surface area contributed by atoms with Gasteiger partial charge in [0.25, 0.3) is 0 Å². The van der Waals surface area contributed by atoms with E-state index in [0.717, 1.165) is 12.1 Å². The number of halogens is 1. The lowest BCUT2D eigenvalue weighted by atomic mass is 9.76. The van der Waals surface area contributed by atoms with Gasteiger partial charge in [-0.05, 0) is 77.7 Å². The number of nitrogens with one attached hydrogen (secondary N) is 1. The highest BCUT2D eigenvalue weighted by Gasteiger charge is 2.52. The Morgan fingerprint density at radius 3 is 2.27 bits per heavy atom. The zero-order chi connectivity index (χ0) is 22.9. The number of hydrogen-bond donors (Lipinski definition) is 2. The van der Waals surface area contributed by atoms with Crippen LogP contribution >= 0.6 is 0 Å². The summed E-state index contributed by atoms with van der Waals surface area (Å²) in [6, 6.07) is 3.38. The summed E-state index contributed by atoms with van der Waals surface area (Å²) in [5.74, 6) is -1.78. The second-order valence-corrected chi connectivity index (χ2v) is 9.20. The Hall–Kier alpha value is -2.39. The molecule has 2 rings (SSSR count). The predicted molar refractivity (Wildman–Crippen MR) is 112 cm³/mol. The molecule has 2 N–H and O–H groups in total. The van der Waals surface area contributed by atoms with Gasteiger partial charge in [-0.2, -0.15) is 0 Å². The molecule has 164 valence electrons. The first kappa shape index (κ1) is 23.9. The van der Waals surface area contributed by atoms with Crippen molar-refractivity contribution in [2.75, 3.05) is 6.54 Å². The molecule has 7 nitrogen and oxygen atoms in total. The number of hydrogen-bond acceptors (Lipinski definition) is 5. The van der Waals surface area contributed by atoms with E-state index in [-0.39, 0.29) is 17.7 Å². The zero-order valence-electron chi connectivity index (χ0n) is 18.5. The van der Waals surface area contributed by atoms with Crippen molar-refractivity contribution in [1.29, 1.82) is 0 Å². The first-order chi connectivity index (χ1) is 13.6. The topological polar surface area (TPSA) is 94.1 Å². The number of aromatic carboxylic acids is 1. The Kier molecular flexibility index (Phi) is 6.68. The third kappa shape index (κ3) is 5.83. The van der Waals surface area contributed by atoms with Crippen LogP contribution in [0.15, 0.2) is 23.7 Å². The maximum atomic E-state index is 13.8. The SMILES string of the molecule is CC(C)(C)OC(=O)NCC(=Cc1cc(F)ccc1C(=O)O)B1OC(C)(C)C(C)(C)O1. The molecule has 1 heterocycles. The molecule has 0 aromatic heterocycles. The first-order valence-electron chi connectivity index (χ1n) is 9.67. The van der Waals surface area contributed by atoms with Crippen LogP contribution in [-0.4, -0.2) is 47.6 Å². The molecule has 1 aromatic rings. The van der Waals surface area contributed by atoms with Gasteiger partial charge in [-0.25, -0.2) is 14.0 Å². The summed E-state index contributed by atoms with van der Waals surface area (Å²) in [7, 11) is -0.866. The minimum absolute atomic E-state index is 0.0404. The molecule has 1 amide bonds. The van der Waals surface area contributed by atoms with Gasteiger partial charge < -0.3 is 24.5 Å². The summed E-state index contributed by atoms with van der Waals surface area (Å²) in [5, 5.41) is 12.1. The quantitative estimate of drug-likeness (QED) is 0.697. The van der Waals surface area contributed by atoms with E-state index in [1.807, 2.05) is 27.7 Å². The van der Waals surface area contributed by atoms with E-state index >= 15 is 0 Å². The van der Waals surface area contributed by atoms with Gasteiger partial charge in [0.05, 0.1) is 16.8 Å². The molecule has 1 fully saturated rings. The molecule has 1 aliphatic heterocycles. The van der Waals surface area contributed by atoms with Gasteiger partial charge in [-0.3, -0.25) is 0 Å². The van der Waals surface area contributed by atoms with E-state index in [1.165, 1.54) is 12.1 Å². The standard InChI is InChI=1S/C21H29BFNO6/c1-19(2,3)28-18(27)24-12-14(22-29-20(4,5)21(6,7)30-22)10-13-11-15(23)8-9-16(13)17(25)26/h8-11H,12H2,1-7H3,(H,24,27)(H,25,26). The van der Waals surface area contributed by atoms with E-state index in [4.69, 9.17) is 14.0 Å². The molecule has 0 radical (unpaired) electrons. The molecule has 1 aliphatic rings. The highest BCUT2D eigenvalue weighted by molar-refractivity contribution is 6.56. The van der Waals surface area contributed by atoms with E-state index in [2.05, 4.69) is 5.32 Å². The molecule has 0 aliphatic carbocycles. The molecular formula is C21H29BFNO6. The van der Waals surface area contributed by atoms with Crippen LogP contribution in [0.3, 0.4) is 0 Å². The van der Waals surface area contributed by atoms with Crippen LogP contribution in [-0.2, 0) is 14.0 Å². The third-order valence-electron chi connectivity index (χ3n) is 4.98. The fourth-order valence-electron chi connectivity index (χ4n) is 2.73. The van der Waals surface area contributed by atoms with Crippen molar-refractivity contribution in [3.63, 3.8) is 0 Å². The average Bonchev–Trinajstić information content (AvgIpc) is 2.77. The van der Waals surface area contributed by atoms with Crippen molar-refractivity contribution >= 4 is 25.3 Å². The summed E-state index contributed by atoms with van der Waals surface area (Å²) in [5.41, 5.74) is -1.51. The molecule has 0 spiro atoms. The molecule has 1 saturated heterocycles. The second kappa shape index (κ2) is 8.39. The lowest BCUT2D eigenvalue weighted by Gasteiger charge is -2.32. The summed E-state index contributed by atoms with van der Waals surface area (Å²) < 4.78 is 31.1. The molecule has 0 bridgehead atoms. The minimum Gasteiger partial charge on any atom is -0.478 e. The fourth-order valence-corrected chi connectivity index (χ4v) is 2.73. The zero-order valence-corrected chi connectivity index (χ0v) is 18.5. The third-order valence-corrected chi connectivity index (χ3v) is 4.98. The maximum Gasteiger partial charge on any atom is 0.492 e. The predicted octanol–water partition coefficient (Wildman–Crippen LogP) is 4.06. The Morgan fingerprint density at radius 2 is 1.77 bits per heavy atom. The van der Waals surface area contributed by atoms with Crippen LogP contribution in [0.25, 0.3) is 6.08 Å². The first-order valence-corrected chi connectivity index (χ1v) is 9.67. The lowest BCUT2D eigenvalue weighted by molar-refractivity contribution is 0.00578. The van der Waals surface area contributed by atoms with Gasteiger partial charge >= 0.3 is 19.2 Å². The van der Waals surface area contributed by atoms with Crippen molar-refractivity contribution in [1.82, 2.24) is 5.32 Å². The Labute approximate surface area is 176 Å². The van der Waals surface area contributed by atoms with Crippen LogP contribution < -0.4 is 5.32 Å². The van der Waals surface area contributed by atoms with Crippen molar-refractivity contribution in [3.05, 3.63) is 40.6 Å². The number of carboxylic acids is 1. The average molecular weight is 421 g/mol. The van der Waals surface area contributed by atoms with Crippen LogP contribution in [0.4, 0.5) is 9.18 Å². The van der Waals surface area contributed by atoms with E-state index < -0.39 is 41.8 Å². The van der Waals surface area contributed by atoms with E-state index in [0.29, 0.717) is 5.47 Å². The largest absolute Gasteiger partial charge is 0.492 e. The van der Waals surface area contributed by atoms with Crippen molar-refractivity contribution in [2.45, 2.75) is 65.3 Å². The van der Waals surface area contributed by atoms with E-state index in [1.54, 1.807) is 20.8 Å². The second-order valence-electron chi connectivity index (χ2n) is 9.20. The van der Waals surface area contributed by atoms with Crippen LogP contribution in [0.2, 0.25) is 0 Å². The number of ether oxygens (including phenoxy) is 1. The number of carbonyl (C=O) groups excluding carboxylic acids is 1. The number of amides is 1. The maximum absolute atomic E-state index is 13.8. The highest BCUT2D eigenvalue weighted by Crippen LogP contribution is 2.38. The monoisotopic (exact) mass is 421 g/mol. The molecule has 1 aromatic carbocycles. The van der Waals surface area contributed by atoms with Gasteiger partial charge in [0.15, 0.2) is 0 Å². The van der Waals surface area contributed by atoms with Crippen LogP contribution in [0.5, 0.6) is 0 Å². The summed E-state index contributed by atoms with van der Waals surface area (Å²) >= 11 is 0. The minimum atomic E-state index is -1.20. The smallest absolute Gasteiger partial charge is 0.478 e. The van der Waals surface area contributed by atoms with Gasteiger partial charge in [-0.15, -0.1) is 0 Å². The van der Waals surface area contributed by atoms with Gasteiger partial charge in [0.2, 0.25) is 0 Å². The molecule has 0 saturated carbocycles. The highest BCUT2D eigenvalue weighted by atomic mass is 19.1. The van der Waals surface area contributed by atoms with E-state index in [9.17, 15) is 19.1 Å². The van der Waals surface area contributed by atoms with Crippen molar-refractivity contribution in [2.24, 2.45) is 0 Å². The van der Waals surface area contributed by atoms with Gasteiger partial charge in [-0.1, -0.05) is 6.08 Å². The molecule has 0 atom stereocenters. The normalized spacial score (nSPS) is 18.3. The number of rotatable bonds is 5. The summed E-state index contributed by atoms with van der Waals surface area (Å²) in [6.45, 7) is 12.7. The number of carboxylic acid groups (broad SMARTS) is 1. The molecule has 9 heteroatoms. The lowest BCUT2D eigenvalue weighted by Crippen LogP contribution is -2.41. The van der Waals surface area contributed by atoms with Crippen molar-refractivity contribution < 1.29 is 33.1 Å². The fraction of sp³-hybridized carbons (Fsp3) is 0.524. The molecular weight excluding hydrogens is 392 g/mol. The molecule has 0 unspecified atom stereocenters. The Morgan fingerprint density at radius 1 is 1.20 bits per heavy atom. The van der Waals surface area contributed by atoms with Crippen LogP contribution in [0.1, 0.15) is 64.4 Å². The number of carbonyl (C=O) groups is 2. The van der Waals surface area contributed by atoms with Crippen molar-refractivity contribution in [3.8, 4) is 0 Å². The Bertz CT molecular complexity index is 844. The van der Waals surface area contributed by atoms with Gasteiger partial charge in [0.1, 0.15) is 11.4 Å². The summed E-state index contributed by atoms with van der Waals surface area (Å²) in [6.07, 6.45) is 0.814.